The summed E-state index contributed by atoms with van der Waals surface area (Å²) in [5.41, 5.74) is 1.02. The highest BCUT2D eigenvalue weighted by Gasteiger charge is 2.37. The van der Waals surface area contributed by atoms with Crippen LogP contribution in [0, 0.1) is 5.92 Å². The van der Waals surface area contributed by atoms with Crippen LogP contribution >= 0.6 is 0 Å². The molecule has 0 aromatic heterocycles. The molecule has 2 heterocycles. The number of hydrogen-bond acceptors (Lipinski definition) is 5. The van der Waals surface area contributed by atoms with Crippen molar-refractivity contribution in [1.82, 2.24) is 9.80 Å². The summed E-state index contributed by atoms with van der Waals surface area (Å²) in [4.78, 5) is 40.8. The van der Waals surface area contributed by atoms with E-state index in [2.05, 4.69) is 0 Å². The van der Waals surface area contributed by atoms with Crippen LogP contribution in [0.3, 0.4) is 0 Å². The predicted molar refractivity (Wildman–Crippen MR) is 102 cm³/mol. The van der Waals surface area contributed by atoms with Gasteiger partial charge in [0, 0.05) is 32.6 Å². The number of carbonyl (C=O) groups excluding carboxylic acids is 3. The average molecular weight is 388 g/mol. The highest BCUT2D eigenvalue weighted by Crippen LogP contribution is 2.22. The monoisotopic (exact) mass is 388 g/mol. The number of benzene rings is 1. The van der Waals surface area contributed by atoms with Crippen LogP contribution in [-0.2, 0) is 30.4 Å². The maximum atomic E-state index is 12.6. The molecular weight excluding hydrogens is 360 g/mol. The van der Waals surface area contributed by atoms with E-state index < -0.39 is 18.0 Å². The zero-order chi connectivity index (χ0) is 20.3. The summed E-state index contributed by atoms with van der Waals surface area (Å²) in [7, 11) is 0. The second-order valence-electron chi connectivity index (χ2n) is 7.74. The number of morpholine rings is 1. The maximum Gasteiger partial charge on any atom is 0.312 e. The minimum Gasteiger partial charge on any atom is -0.452 e. The molecule has 2 fully saturated rings. The lowest BCUT2D eigenvalue weighted by Crippen LogP contribution is -2.51. The van der Waals surface area contributed by atoms with Gasteiger partial charge in [-0.05, 0) is 26.3 Å². The minimum atomic E-state index is -0.872. The van der Waals surface area contributed by atoms with Gasteiger partial charge in [-0.25, -0.2) is 0 Å². The van der Waals surface area contributed by atoms with Gasteiger partial charge in [-0.3, -0.25) is 14.4 Å². The van der Waals surface area contributed by atoms with Crippen LogP contribution in [0.1, 0.15) is 32.8 Å². The third kappa shape index (κ3) is 4.90. The molecule has 28 heavy (non-hydrogen) atoms. The number of nitrogens with zero attached hydrogens (tertiary/aromatic N) is 2. The lowest BCUT2D eigenvalue weighted by molar-refractivity contribution is -0.166. The Morgan fingerprint density at radius 1 is 1.14 bits per heavy atom. The smallest absolute Gasteiger partial charge is 0.312 e. The molecule has 0 radical (unpaired) electrons. The van der Waals surface area contributed by atoms with Crippen molar-refractivity contribution in [2.45, 2.75) is 52.0 Å². The molecular formula is C21H28N2O5. The fourth-order valence-corrected chi connectivity index (χ4v) is 3.82. The summed E-state index contributed by atoms with van der Waals surface area (Å²) in [5.74, 6) is -1.31. The Balaban J connectivity index is 1.53. The first-order valence-corrected chi connectivity index (χ1v) is 9.80. The van der Waals surface area contributed by atoms with E-state index in [-0.39, 0.29) is 30.4 Å². The van der Waals surface area contributed by atoms with Crippen molar-refractivity contribution in [3.05, 3.63) is 35.9 Å². The van der Waals surface area contributed by atoms with E-state index in [1.807, 2.05) is 44.2 Å². The standard InChI is InChI=1S/C21H28N2O5/c1-14-10-23(11-15(2)27-14)20(25)16(3)28-21(26)18-9-19(24)22(13-18)12-17-7-5-4-6-8-17/h4-8,14-16,18H,9-13H2,1-3H3/t14-,15-,16+,18+/m1/s1. The first kappa shape index (κ1) is 20.3. The molecule has 7 nitrogen and oxygen atoms in total. The molecule has 0 bridgehead atoms. The summed E-state index contributed by atoms with van der Waals surface area (Å²) in [6.45, 7) is 7.18. The van der Waals surface area contributed by atoms with Crippen molar-refractivity contribution in [3.63, 3.8) is 0 Å². The zero-order valence-electron chi connectivity index (χ0n) is 16.7. The van der Waals surface area contributed by atoms with E-state index in [9.17, 15) is 14.4 Å². The Bertz CT molecular complexity index is 713. The third-order valence-corrected chi connectivity index (χ3v) is 5.14. The van der Waals surface area contributed by atoms with Crippen molar-refractivity contribution in [1.29, 1.82) is 0 Å². The number of likely N-dealkylation sites (tertiary alicyclic amines) is 1. The highest BCUT2D eigenvalue weighted by molar-refractivity contribution is 5.89. The van der Waals surface area contributed by atoms with Crippen LogP contribution in [0.25, 0.3) is 0 Å². The van der Waals surface area contributed by atoms with Crippen molar-refractivity contribution in [3.8, 4) is 0 Å². The van der Waals surface area contributed by atoms with Gasteiger partial charge in [-0.2, -0.15) is 0 Å². The maximum absolute atomic E-state index is 12.6. The van der Waals surface area contributed by atoms with Crippen LogP contribution in [0.2, 0.25) is 0 Å². The molecule has 7 heteroatoms. The van der Waals surface area contributed by atoms with Gasteiger partial charge in [0.25, 0.3) is 5.91 Å². The molecule has 2 aliphatic heterocycles. The fraction of sp³-hybridized carbons (Fsp3) is 0.571. The quantitative estimate of drug-likeness (QED) is 0.716. The van der Waals surface area contributed by atoms with E-state index >= 15 is 0 Å². The molecule has 0 spiro atoms. The third-order valence-electron chi connectivity index (χ3n) is 5.14. The first-order valence-electron chi connectivity index (χ1n) is 9.80. The Kier molecular flexibility index (Phi) is 6.34. The molecule has 2 aliphatic rings. The van der Waals surface area contributed by atoms with E-state index in [0.717, 1.165) is 5.56 Å². The SMILES string of the molecule is C[C@@H]1CN(C(=O)[C@H](C)OC(=O)[C@H]2CC(=O)N(Cc3ccccc3)C2)C[C@@H](C)O1. The van der Waals surface area contributed by atoms with E-state index in [1.165, 1.54) is 0 Å². The number of rotatable bonds is 5. The van der Waals surface area contributed by atoms with Crippen LogP contribution in [0.5, 0.6) is 0 Å². The predicted octanol–water partition coefficient (Wildman–Crippen LogP) is 1.60. The van der Waals surface area contributed by atoms with Gasteiger partial charge in [-0.1, -0.05) is 30.3 Å². The Hall–Kier alpha value is -2.41. The number of amides is 2. The number of esters is 1. The second-order valence-corrected chi connectivity index (χ2v) is 7.74. The average Bonchev–Trinajstić information content (AvgIpc) is 3.01. The molecule has 0 unspecified atom stereocenters. The lowest BCUT2D eigenvalue weighted by atomic mass is 10.1. The molecule has 0 saturated carbocycles. The van der Waals surface area contributed by atoms with Gasteiger partial charge in [0.15, 0.2) is 6.10 Å². The second kappa shape index (κ2) is 8.73. The van der Waals surface area contributed by atoms with E-state index in [0.29, 0.717) is 26.2 Å². The van der Waals surface area contributed by atoms with Crippen LogP contribution < -0.4 is 0 Å². The molecule has 2 saturated heterocycles. The summed E-state index contributed by atoms with van der Waals surface area (Å²) in [6, 6.07) is 9.66. The largest absolute Gasteiger partial charge is 0.452 e. The Morgan fingerprint density at radius 2 is 1.79 bits per heavy atom. The summed E-state index contributed by atoms with van der Waals surface area (Å²) in [5, 5.41) is 0. The van der Waals surface area contributed by atoms with Gasteiger partial charge in [0.05, 0.1) is 18.1 Å². The number of hydrogen-bond donors (Lipinski definition) is 0. The van der Waals surface area contributed by atoms with Gasteiger partial charge in [0.1, 0.15) is 0 Å². The number of carbonyl (C=O) groups is 3. The Morgan fingerprint density at radius 3 is 2.43 bits per heavy atom. The molecule has 152 valence electrons. The summed E-state index contributed by atoms with van der Waals surface area (Å²) in [6.07, 6.45) is -0.842. The van der Waals surface area contributed by atoms with Gasteiger partial charge in [-0.15, -0.1) is 0 Å². The normalized spacial score (nSPS) is 26.2. The van der Waals surface area contributed by atoms with Crippen LogP contribution in [0.15, 0.2) is 30.3 Å². The summed E-state index contributed by atoms with van der Waals surface area (Å²) < 4.78 is 11.1. The summed E-state index contributed by atoms with van der Waals surface area (Å²) >= 11 is 0. The first-order chi connectivity index (χ1) is 13.3. The lowest BCUT2D eigenvalue weighted by Gasteiger charge is -2.36. The zero-order valence-corrected chi connectivity index (χ0v) is 16.7. The number of ether oxygens (including phenoxy) is 2. The highest BCUT2D eigenvalue weighted by atomic mass is 16.5. The van der Waals surface area contributed by atoms with Crippen LogP contribution in [0.4, 0.5) is 0 Å². The van der Waals surface area contributed by atoms with Gasteiger partial charge in [0.2, 0.25) is 5.91 Å². The van der Waals surface area contributed by atoms with Gasteiger partial charge >= 0.3 is 5.97 Å². The topological polar surface area (TPSA) is 76.2 Å². The molecule has 3 rings (SSSR count). The molecule has 4 atom stereocenters. The minimum absolute atomic E-state index is 0.0467. The van der Waals surface area contributed by atoms with E-state index in [1.54, 1.807) is 16.7 Å². The molecule has 2 amide bonds. The fourth-order valence-electron chi connectivity index (χ4n) is 3.82. The van der Waals surface area contributed by atoms with E-state index in [4.69, 9.17) is 9.47 Å². The van der Waals surface area contributed by atoms with Crippen molar-refractivity contribution < 1.29 is 23.9 Å². The Labute approximate surface area is 165 Å². The van der Waals surface area contributed by atoms with Gasteiger partial charge < -0.3 is 19.3 Å². The molecule has 0 N–H and O–H groups in total. The van der Waals surface area contributed by atoms with Crippen molar-refractivity contribution in [2.75, 3.05) is 19.6 Å². The van der Waals surface area contributed by atoms with Crippen molar-refractivity contribution >= 4 is 17.8 Å². The van der Waals surface area contributed by atoms with Crippen LogP contribution in [-0.4, -0.2) is 65.5 Å². The molecule has 1 aromatic carbocycles. The molecule has 0 aliphatic carbocycles. The molecule has 1 aromatic rings. The van der Waals surface area contributed by atoms with Crippen molar-refractivity contribution in [2.24, 2.45) is 5.92 Å².